The fourth-order valence-electron chi connectivity index (χ4n) is 5.30. The first-order chi connectivity index (χ1) is 18.6. The molecule has 3 aromatic rings. The van der Waals surface area contributed by atoms with Crippen molar-refractivity contribution in [2.45, 2.75) is 90.1 Å². The zero-order chi connectivity index (χ0) is 27.7. The molecule has 2 N–H and O–H groups in total. The number of amides is 2. The molecule has 3 heterocycles. The van der Waals surface area contributed by atoms with Gasteiger partial charge in [-0.15, -0.1) is 0 Å². The molecule has 3 atom stereocenters. The zero-order valence-corrected chi connectivity index (χ0v) is 22.5. The maximum absolute atomic E-state index is 13.9. The van der Waals surface area contributed by atoms with Crippen molar-refractivity contribution in [2.75, 3.05) is 0 Å². The maximum atomic E-state index is 13.9. The lowest BCUT2D eigenvalue weighted by Crippen LogP contribution is -2.37. The van der Waals surface area contributed by atoms with Crippen LogP contribution in [0, 0.1) is 24.7 Å². The van der Waals surface area contributed by atoms with Crippen molar-refractivity contribution in [3.8, 4) is 0 Å². The zero-order valence-electron chi connectivity index (χ0n) is 22.5. The molecule has 5 rings (SSSR count). The van der Waals surface area contributed by atoms with Crippen LogP contribution in [0.4, 0.5) is 8.78 Å². The van der Waals surface area contributed by atoms with Crippen LogP contribution in [0.3, 0.4) is 0 Å². The van der Waals surface area contributed by atoms with Gasteiger partial charge in [0.2, 0.25) is 11.8 Å². The van der Waals surface area contributed by atoms with Crippen molar-refractivity contribution >= 4 is 17.5 Å². The number of halogens is 2. The van der Waals surface area contributed by atoms with E-state index in [4.69, 9.17) is 4.98 Å². The monoisotopic (exact) mass is 543 g/mol. The number of nitrogens with one attached hydrogen (secondary N) is 2. The third-order valence-corrected chi connectivity index (χ3v) is 8.07. The molecular formula is C27H35F2N7O3. The molecule has 10 nitrogen and oxygen atoms in total. The predicted octanol–water partition coefficient (Wildman–Crippen LogP) is 4.72. The number of aryl methyl sites for hydroxylation is 1. The lowest BCUT2D eigenvalue weighted by Gasteiger charge is -2.33. The lowest BCUT2D eigenvalue weighted by molar-refractivity contribution is -0.122. The molecule has 3 aromatic heterocycles. The summed E-state index contributed by atoms with van der Waals surface area (Å²) in [6.45, 7) is 5.74. The molecule has 39 heavy (non-hydrogen) atoms. The van der Waals surface area contributed by atoms with E-state index in [-0.39, 0.29) is 49.2 Å². The molecule has 2 amide bonds. The van der Waals surface area contributed by atoms with E-state index in [1.165, 1.54) is 0 Å². The van der Waals surface area contributed by atoms with Crippen molar-refractivity contribution in [3.63, 3.8) is 0 Å². The van der Waals surface area contributed by atoms with E-state index in [1.807, 2.05) is 6.07 Å². The van der Waals surface area contributed by atoms with Gasteiger partial charge in [-0.1, -0.05) is 25.4 Å². The standard InChI is InChI=1S/C27H35F2N7O3/c1-4-15(2)11-22(37)32-24(17-5-6-17)19-12-21-31-20(14-36(21)30-13-19)25(18-7-9-27(28,29)10-8-18)33-26(38)23-16(3)34-39-35-23/h12-15,17-18,24-25H,4-11H2,1-3H3,(H,32,37)(H,33,38)/t15-,24+,25-/m0/s1. The van der Waals surface area contributed by atoms with Gasteiger partial charge in [-0.05, 0) is 67.1 Å². The van der Waals surface area contributed by atoms with Crippen LogP contribution in [-0.4, -0.2) is 42.6 Å². The highest BCUT2D eigenvalue weighted by molar-refractivity contribution is 5.93. The molecule has 0 bridgehead atoms. The molecule has 210 valence electrons. The van der Waals surface area contributed by atoms with Crippen LogP contribution in [0.5, 0.6) is 0 Å². The third kappa shape index (κ3) is 6.25. The number of fused-ring (bicyclic) bond motifs is 1. The highest BCUT2D eigenvalue weighted by atomic mass is 19.3. The Labute approximate surface area is 225 Å². The van der Waals surface area contributed by atoms with Crippen LogP contribution in [-0.2, 0) is 4.79 Å². The number of imidazole rings is 1. The summed E-state index contributed by atoms with van der Waals surface area (Å²) in [5.74, 6) is -2.75. The fourth-order valence-corrected chi connectivity index (χ4v) is 5.30. The number of rotatable bonds is 10. The number of alkyl halides is 2. The van der Waals surface area contributed by atoms with Gasteiger partial charge in [0.05, 0.1) is 30.2 Å². The second-order valence-electron chi connectivity index (χ2n) is 11.2. The minimum Gasteiger partial charge on any atom is -0.349 e. The summed E-state index contributed by atoms with van der Waals surface area (Å²) in [5, 5.41) is 18.0. The van der Waals surface area contributed by atoms with E-state index in [0.29, 0.717) is 35.3 Å². The van der Waals surface area contributed by atoms with Crippen LogP contribution in [0.15, 0.2) is 23.1 Å². The fraction of sp³-hybridized carbons (Fsp3) is 0.630. The normalized spacial score (nSPS) is 19.9. The van der Waals surface area contributed by atoms with Crippen LogP contribution in [0.2, 0.25) is 0 Å². The molecule has 0 aliphatic heterocycles. The first kappa shape index (κ1) is 27.1. The molecule has 2 aliphatic rings. The van der Waals surface area contributed by atoms with Crippen LogP contribution in [0.25, 0.3) is 5.65 Å². The molecule has 12 heteroatoms. The van der Waals surface area contributed by atoms with Gasteiger partial charge < -0.3 is 10.6 Å². The molecule has 0 saturated heterocycles. The number of carbonyl (C=O) groups is 2. The Balaban J connectivity index is 1.41. The SMILES string of the molecule is CC[C@H](C)CC(=O)N[C@@H](c1cnn2cc([C@@H](NC(=O)c3nonc3C)C3CCC(F)(F)CC3)nc2c1)C1CC1. The van der Waals surface area contributed by atoms with Crippen LogP contribution >= 0.6 is 0 Å². The van der Waals surface area contributed by atoms with Crippen molar-refractivity contribution < 1.29 is 23.0 Å². The minimum atomic E-state index is -2.70. The Morgan fingerprint density at radius 1 is 1.13 bits per heavy atom. The summed E-state index contributed by atoms with van der Waals surface area (Å²) >= 11 is 0. The summed E-state index contributed by atoms with van der Waals surface area (Å²) in [5.41, 5.74) is 2.35. The molecular weight excluding hydrogens is 508 g/mol. The minimum absolute atomic E-state index is 0.0275. The molecule has 2 saturated carbocycles. The van der Waals surface area contributed by atoms with Gasteiger partial charge >= 0.3 is 0 Å². The van der Waals surface area contributed by atoms with E-state index in [9.17, 15) is 18.4 Å². The Kier molecular flexibility index (Phi) is 7.64. The van der Waals surface area contributed by atoms with Gasteiger partial charge in [-0.3, -0.25) is 9.59 Å². The van der Waals surface area contributed by atoms with Gasteiger partial charge in [0.1, 0.15) is 5.69 Å². The second kappa shape index (κ2) is 11.0. The maximum Gasteiger partial charge on any atom is 0.276 e. The number of hydrogen-bond acceptors (Lipinski definition) is 7. The van der Waals surface area contributed by atoms with E-state index < -0.39 is 17.9 Å². The van der Waals surface area contributed by atoms with Crippen molar-refractivity contribution in [3.05, 3.63) is 41.1 Å². The Morgan fingerprint density at radius 3 is 2.49 bits per heavy atom. The number of carbonyl (C=O) groups excluding carboxylic acids is 2. The van der Waals surface area contributed by atoms with E-state index in [0.717, 1.165) is 24.8 Å². The second-order valence-corrected chi connectivity index (χ2v) is 11.2. The van der Waals surface area contributed by atoms with Crippen LogP contribution < -0.4 is 10.6 Å². The summed E-state index contributed by atoms with van der Waals surface area (Å²) in [6, 6.07) is 1.14. The van der Waals surface area contributed by atoms with E-state index in [2.05, 4.69) is 44.5 Å². The largest absolute Gasteiger partial charge is 0.349 e. The molecule has 0 aromatic carbocycles. The summed E-state index contributed by atoms with van der Waals surface area (Å²) in [6.07, 6.45) is 6.95. The highest BCUT2D eigenvalue weighted by Crippen LogP contribution is 2.43. The lowest BCUT2D eigenvalue weighted by atomic mass is 9.81. The number of nitrogens with zero attached hydrogens (tertiary/aromatic N) is 5. The average molecular weight is 544 g/mol. The van der Waals surface area contributed by atoms with Gasteiger partial charge in [-0.2, -0.15) is 5.10 Å². The molecule has 0 spiro atoms. The quantitative estimate of drug-likeness (QED) is 0.379. The third-order valence-electron chi connectivity index (χ3n) is 8.07. The highest BCUT2D eigenvalue weighted by Gasteiger charge is 2.40. The number of hydrogen-bond donors (Lipinski definition) is 2. The Bertz CT molecular complexity index is 1330. The summed E-state index contributed by atoms with van der Waals surface area (Å²) in [7, 11) is 0. The van der Waals surface area contributed by atoms with E-state index in [1.54, 1.807) is 23.8 Å². The Morgan fingerprint density at radius 2 is 1.85 bits per heavy atom. The van der Waals surface area contributed by atoms with Gasteiger partial charge in [0.15, 0.2) is 11.3 Å². The van der Waals surface area contributed by atoms with Crippen molar-refractivity contribution in [1.29, 1.82) is 0 Å². The summed E-state index contributed by atoms with van der Waals surface area (Å²) < 4.78 is 34.2. The first-order valence-electron chi connectivity index (χ1n) is 13.8. The van der Waals surface area contributed by atoms with Crippen LogP contribution in [0.1, 0.15) is 105 Å². The van der Waals surface area contributed by atoms with Gasteiger partial charge in [0.25, 0.3) is 5.91 Å². The van der Waals surface area contributed by atoms with Gasteiger partial charge in [-0.25, -0.2) is 22.9 Å². The number of aromatic nitrogens is 5. The predicted molar refractivity (Wildman–Crippen MR) is 137 cm³/mol. The van der Waals surface area contributed by atoms with E-state index >= 15 is 0 Å². The summed E-state index contributed by atoms with van der Waals surface area (Å²) in [4.78, 5) is 30.4. The topological polar surface area (TPSA) is 127 Å². The smallest absolute Gasteiger partial charge is 0.276 e. The molecule has 0 radical (unpaired) electrons. The molecule has 2 aliphatic carbocycles. The first-order valence-corrected chi connectivity index (χ1v) is 13.8. The Hall–Kier alpha value is -3.44. The van der Waals surface area contributed by atoms with Crippen molar-refractivity contribution in [2.24, 2.45) is 17.8 Å². The van der Waals surface area contributed by atoms with Crippen molar-refractivity contribution in [1.82, 2.24) is 35.5 Å². The molecule has 2 fully saturated rings. The average Bonchev–Trinajstić information content (AvgIpc) is 3.51. The molecule has 0 unspecified atom stereocenters. The van der Waals surface area contributed by atoms with Gasteiger partial charge in [0, 0.05) is 19.3 Å².